The van der Waals surface area contributed by atoms with E-state index in [2.05, 4.69) is 5.32 Å². The molecule has 0 saturated carbocycles. The van der Waals surface area contributed by atoms with Crippen LogP contribution in [0.4, 0.5) is 5.88 Å². The zero-order valence-electron chi connectivity index (χ0n) is 9.18. The summed E-state index contributed by atoms with van der Waals surface area (Å²) in [5.74, 6) is -0.760. The fourth-order valence-corrected chi connectivity index (χ4v) is 1.31. The monoisotopic (exact) mass is 241 g/mol. The molecule has 7 heteroatoms. The summed E-state index contributed by atoms with van der Waals surface area (Å²) in [6.45, 7) is 0.229. The van der Waals surface area contributed by atoms with E-state index in [0.717, 1.165) is 0 Å². The molecule has 94 valence electrons. The van der Waals surface area contributed by atoms with Crippen molar-refractivity contribution in [1.29, 1.82) is 0 Å². The van der Waals surface area contributed by atoms with Crippen LogP contribution in [-0.2, 0) is 16.1 Å². The second-order valence-corrected chi connectivity index (χ2v) is 3.58. The smallest absolute Gasteiger partial charge is 0.320 e. The van der Waals surface area contributed by atoms with Gasteiger partial charge in [0.1, 0.15) is 11.8 Å². The second-order valence-electron chi connectivity index (χ2n) is 3.58. The lowest BCUT2D eigenvalue weighted by Gasteiger charge is -2.12. The van der Waals surface area contributed by atoms with Crippen LogP contribution in [0.5, 0.6) is 0 Å². The number of nitrogens with one attached hydrogen (secondary N) is 1. The van der Waals surface area contributed by atoms with Gasteiger partial charge in [0.2, 0.25) is 5.91 Å². The summed E-state index contributed by atoms with van der Waals surface area (Å²) in [5.41, 5.74) is 10.3. The molecule has 1 rings (SSSR count). The highest BCUT2D eigenvalue weighted by Crippen LogP contribution is 2.09. The molecule has 1 heterocycles. The lowest BCUT2D eigenvalue weighted by atomic mass is 10.1. The molecule has 0 radical (unpaired) electrons. The number of nitrogen functional groups attached to an aromatic ring is 1. The first-order valence-electron chi connectivity index (χ1n) is 5.07. The van der Waals surface area contributed by atoms with E-state index in [1.54, 1.807) is 12.1 Å². The summed E-state index contributed by atoms with van der Waals surface area (Å²) in [7, 11) is 0. The predicted octanol–water partition coefficient (Wildman–Crippen LogP) is -0.330. The van der Waals surface area contributed by atoms with Crippen LogP contribution in [0, 0.1) is 0 Å². The third-order valence-corrected chi connectivity index (χ3v) is 2.18. The van der Waals surface area contributed by atoms with Crippen LogP contribution < -0.4 is 16.8 Å². The number of carbonyl (C=O) groups is 2. The number of carboxylic acid groups (broad SMARTS) is 1. The minimum absolute atomic E-state index is 0.0181. The summed E-state index contributed by atoms with van der Waals surface area (Å²) in [6.07, 6.45) is 0.158. The first kappa shape index (κ1) is 13.0. The normalized spacial score (nSPS) is 12.2. The molecular formula is C10H15N3O4. The Bertz CT molecular complexity index is 402. The Hall–Kier alpha value is -2.02. The van der Waals surface area contributed by atoms with Crippen molar-refractivity contribution in [2.75, 3.05) is 5.73 Å². The number of rotatable bonds is 7. The molecule has 0 aliphatic carbocycles. The average molecular weight is 241 g/mol. The first-order valence-corrected chi connectivity index (χ1v) is 5.07. The second kappa shape index (κ2) is 5.90. The maximum atomic E-state index is 10.9. The summed E-state index contributed by atoms with van der Waals surface area (Å²) < 4.78 is 5.07. The molecule has 1 unspecified atom stereocenters. The van der Waals surface area contributed by atoms with Crippen molar-refractivity contribution in [2.24, 2.45) is 5.73 Å². The molecule has 0 bridgehead atoms. The standard InChI is InChI=1S/C10H15N3O4/c11-8(14)3-2-7(10(15)16)13-5-6-1-4-9(12)17-6/h1,4,7,13H,2-3,5,12H2,(H2,11,14)(H,15,16). The molecule has 0 aliphatic heterocycles. The van der Waals surface area contributed by atoms with Gasteiger partial charge in [0.05, 0.1) is 6.54 Å². The van der Waals surface area contributed by atoms with Gasteiger partial charge in [-0.05, 0) is 12.5 Å². The van der Waals surface area contributed by atoms with Gasteiger partial charge in [-0.25, -0.2) is 0 Å². The van der Waals surface area contributed by atoms with Crippen LogP contribution in [0.2, 0.25) is 0 Å². The number of carbonyl (C=O) groups excluding carboxylic acids is 1. The Labute approximate surface area is 97.8 Å². The maximum absolute atomic E-state index is 10.9. The number of anilines is 1. The van der Waals surface area contributed by atoms with Crippen molar-refractivity contribution in [3.63, 3.8) is 0 Å². The molecule has 0 spiro atoms. The van der Waals surface area contributed by atoms with Crippen LogP contribution in [0.25, 0.3) is 0 Å². The van der Waals surface area contributed by atoms with Crippen LogP contribution in [0.3, 0.4) is 0 Å². The molecule has 17 heavy (non-hydrogen) atoms. The van der Waals surface area contributed by atoms with E-state index in [4.69, 9.17) is 21.0 Å². The fraction of sp³-hybridized carbons (Fsp3) is 0.400. The molecule has 0 aliphatic rings. The molecule has 1 aromatic heterocycles. The van der Waals surface area contributed by atoms with E-state index in [1.165, 1.54) is 0 Å². The number of carboxylic acids is 1. The number of primary amides is 1. The lowest BCUT2D eigenvalue weighted by Crippen LogP contribution is -2.37. The van der Waals surface area contributed by atoms with E-state index in [-0.39, 0.29) is 25.3 Å². The number of hydrogen-bond donors (Lipinski definition) is 4. The predicted molar refractivity (Wildman–Crippen MR) is 59.8 cm³/mol. The number of furan rings is 1. The molecule has 1 atom stereocenters. The topological polar surface area (TPSA) is 132 Å². The van der Waals surface area contributed by atoms with Gasteiger partial charge in [-0.1, -0.05) is 0 Å². The SMILES string of the molecule is NC(=O)CCC(NCc1ccc(N)o1)C(=O)O. The number of nitrogens with two attached hydrogens (primary N) is 2. The highest BCUT2D eigenvalue weighted by Gasteiger charge is 2.17. The molecule has 1 aromatic rings. The van der Waals surface area contributed by atoms with Crippen molar-refractivity contribution in [1.82, 2.24) is 5.32 Å². The zero-order chi connectivity index (χ0) is 12.8. The summed E-state index contributed by atoms with van der Waals surface area (Å²) in [5, 5.41) is 11.6. The first-order chi connectivity index (χ1) is 7.99. The Morgan fingerprint density at radius 2 is 2.18 bits per heavy atom. The Balaban J connectivity index is 2.44. The highest BCUT2D eigenvalue weighted by molar-refractivity contribution is 5.77. The average Bonchev–Trinajstić information content (AvgIpc) is 2.63. The summed E-state index contributed by atoms with van der Waals surface area (Å²) in [4.78, 5) is 21.4. The van der Waals surface area contributed by atoms with E-state index in [1.807, 2.05) is 0 Å². The van der Waals surface area contributed by atoms with Gasteiger partial charge >= 0.3 is 5.97 Å². The number of hydrogen-bond acceptors (Lipinski definition) is 5. The molecule has 6 N–H and O–H groups in total. The third-order valence-electron chi connectivity index (χ3n) is 2.18. The van der Waals surface area contributed by atoms with Gasteiger partial charge in [-0.2, -0.15) is 0 Å². The van der Waals surface area contributed by atoms with Gasteiger partial charge in [-0.3, -0.25) is 14.9 Å². The minimum atomic E-state index is -1.04. The third kappa shape index (κ3) is 4.56. The largest absolute Gasteiger partial charge is 0.480 e. The molecule has 0 aromatic carbocycles. The molecule has 0 fully saturated rings. The van der Waals surface area contributed by atoms with Crippen LogP contribution in [-0.4, -0.2) is 23.0 Å². The van der Waals surface area contributed by atoms with Gasteiger partial charge in [0.25, 0.3) is 0 Å². The van der Waals surface area contributed by atoms with E-state index >= 15 is 0 Å². The molecular weight excluding hydrogens is 226 g/mol. The molecule has 0 saturated heterocycles. The molecule has 7 nitrogen and oxygen atoms in total. The number of aliphatic carboxylic acids is 1. The van der Waals surface area contributed by atoms with Crippen molar-refractivity contribution in [3.8, 4) is 0 Å². The Morgan fingerprint density at radius 3 is 2.65 bits per heavy atom. The van der Waals surface area contributed by atoms with Crippen molar-refractivity contribution < 1.29 is 19.1 Å². The zero-order valence-corrected chi connectivity index (χ0v) is 9.18. The molecule has 1 amide bonds. The van der Waals surface area contributed by atoms with E-state index in [0.29, 0.717) is 5.76 Å². The quantitative estimate of drug-likeness (QED) is 0.516. The van der Waals surface area contributed by atoms with Crippen molar-refractivity contribution >= 4 is 17.8 Å². The van der Waals surface area contributed by atoms with Crippen LogP contribution in [0.15, 0.2) is 16.5 Å². The lowest BCUT2D eigenvalue weighted by molar-refractivity contribution is -0.139. The van der Waals surface area contributed by atoms with Gasteiger partial charge in [0, 0.05) is 12.5 Å². The van der Waals surface area contributed by atoms with Crippen LogP contribution in [0.1, 0.15) is 18.6 Å². The number of amides is 1. The fourth-order valence-electron chi connectivity index (χ4n) is 1.31. The van der Waals surface area contributed by atoms with Gasteiger partial charge in [0.15, 0.2) is 5.88 Å². The Morgan fingerprint density at radius 1 is 1.47 bits per heavy atom. The van der Waals surface area contributed by atoms with Gasteiger partial charge < -0.3 is 21.0 Å². The van der Waals surface area contributed by atoms with Crippen molar-refractivity contribution in [2.45, 2.75) is 25.4 Å². The van der Waals surface area contributed by atoms with Crippen LogP contribution >= 0.6 is 0 Å². The Kier molecular flexibility index (Phi) is 4.53. The summed E-state index contributed by atoms with van der Waals surface area (Å²) >= 11 is 0. The van der Waals surface area contributed by atoms with Gasteiger partial charge in [-0.15, -0.1) is 0 Å². The maximum Gasteiger partial charge on any atom is 0.320 e. The van der Waals surface area contributed by atoms with E-state index in [9.17, 15) is 9.59 Å². The minimum Gasteiger partial charge on any atom is -0.480 e. The van der Waals surface area contributed by atoms with E-state index < -0.39 is 17.9 Å². The highest BCUT2D eigenvalue weighted by atomic mass is 16.4. The van der Waals surface area contributed by atoms with Crippen molar-refractivity contribution in [3.05, 3.63) is 17.9 Å². The summed E-state index contributed by atoms with van der Waals surface area (Å²) in [6, 6.07) is 2.39.